The third kappa shape index (κ3) is 3.11. The summed E-state index contributed by atoms with van der Waals surface area (Å²) < 4.78 is 10.2. The third-order valence-corrected chi connectivity index (χ3v) is 4.15. The summed E-state index contributed by atoms with van der Waals surface area (Å²) in [6.07, 6.45) is 1.61. The largest absolute Gasteiger partial charge is 0.502 e. The van der Waals surface area contributed by atoms with Crippen molar-refractivity contribution in [3.05, 3.63) is 17.7 Å². The lowest BCUT2D eigenvalue weighted by atomic mass is 9.96. The fraction of sp³-hybridized carbons (Fsp3) is 0.562. The van der Waals surface area contributed by atoms with Gasteiger partial charge in [-0.15, -0.1) is 0 Å². The van der Waals surface area contributed by atoms with Crippen LogP contribution in [0.2, 0.25) is 0 Å². The molecule has 1 fully saturated rings. The van der Waals surface area contributed by atoms with Gasteiger partial charge in [-0.05, 0) is 31.4 Å². The molecule has 0 radical (unpaired) electrons. The second-order valence-corrected chi connectivity index (χ2v) is 5.47. The molecule has 0 aromatic heterocycles. The van der Waals surface area contributed by atoms with Crippen molar-refractivity contribution in [2.24, 2.45) is 0 Å². The van der Waals surface area contributed by atoms with Gasteiger partial charge in [0.05, 0.1) is 20.3 Å². The molecule has 0 unspecified atom stereocenters. The Hall–Kier alpha value is -1.95. The first-order chi connectivity index (χ1) is 10.5. The number of amides is 1. The molecule has 2 atom stereocenters. The lowest BCUT2D eigenvalue weighted by molar-refractivity contribution is 0.0314. The Balaban J connectivity index is 2.32. The highest BCUT2D eigenvalue weighted by molar-refractivity contribution is 5.96. The molecule has 122 valence electrons. The van der Waals surface area contributed by atoms with Crippen LogP contribution in [0.25, 0.3) is 0 Å². The Morgan fingerprint density at radius 1 is 1.32 bits per heavy atom. The van der Waals surface area contributed by atoms with Crippen molar-refractivity contribution in [1.29, 1.82) is 0 Å². The Kier molecular flexibility index (Phi) is 5.13. The molecule has 0 aliphatic carbocycles. The maximum Gasteiger partial charge on any atom is 0.254 e. The van der Waals surface area contributed by atoms with Crippen molar-refractivity contribution in [2.75, 3.05) is 20.8 Å². The number of hydrogen-bond acceptors (Lipinski definition) is 5. The topological polar surface area (TPSA) is 79.2 Å². The second kappa shape index (κ2) is 6.87. The third-order valence-electron chi connectivity index (χ3n) is 4.15. The lowest BCUT2D eigenvalue weighted by Crippen LogP contribution is -2.47. The molecule has 2 rings (SSSR count). The number of phenols is 1. The van der Waals surface area contributed by atoms with Gasteiger partial charge < -0.3 is 24.6 Å². The number of piperidine rings is 1. The van der Waals surface area contributed by atoms with Gasteiger partial charge in [-0.2, -0.15) is 0 Å². The summed E-state index contributed by atoms with van der Waals surface area (Å²) in [4.78, 5) is 14.6. The van der Waals surface area contributed by atoms with Gasteiger partial charge >= 0.3 is 0 Å². The van der Waals surface area contributed by atoms with Crippen molar-refractivity contribution in [3.63, 3.8) is 0 Å². The fourth-order valence-electron chi connectivity index (χ4n) is 2.87. The van der Waals surface area contributed by atoms with E-state index in [0.29, 0.717) is 24.9 Å². The zero-order valence-corrected chi connectivity index (χ0v) is 13.2. The highest BCUT2D eigenvalue weighted by atomic mass is 16.5. The highest BCUT2D eigenvalue weighted by Gasteiger charge is 2.31. The summed E-state index contributed by atoms with van der Waals surface area (Å²) in [5.41, 5.74) is 0.404. The quantitative estimate of drug-likeness (QED) is 0.886. The molecule has 0 spiro atoms. The van der Waals surface area contributed by atoms with Crippen LogP contribution in [0.1, 0.15) is 36.5 Å². The van der Waals surface area contributed by atoms with Crippen LogP contribution in [-0.2, 0) is 0 Å². The maximum absolute atomic E-state index is 12.8. The van der Waals surface area contributed by atoms with Crippen LogP contribution in [0.15, 0.2) is 12.1 Å². The number of carbonyl (C=O) groups is 1. The molecule has 1 aromatic rings. The number of carbonyl (C=O) groups excluding carboxylic acids is 1. The first-order valence-corrected chi connectivity index (χ1v) is 7.45. The van der Waals surface area contributed by atoms with Gasteiger partial charge in [0.1, 0.15) is 0 Å². The van der Waals surface area contributed by atoms with Crippen LogP contribution in [0.3, 0.4) is 0 Å². The van der Waals surface area contributed by atoms with E-state index < -0.39 is 0 Å². The minimum absolute atomic E-state index is 0.0158. The molecule has 1 saturated heterocycles. The number of phenolic OH excluding ortho intramolecular Hbond substituents is 1. The van der Waals surface area contributed by atoms with E-state index in [1.165, 1.54) is 26.4 Å². The van der Waals surface area contributed by atoms with Gasteiger partial charge in [-0.25, -0.2) is 0 Å². The van der Waals surface area contributed by atoms with Crippen LogP contribution in [0.4, 0.5) is 0 Å². The molecular weight excluding hydrogens is 286 g/mol. The van der Waals surface area contributed by atoms with Crippen LogP contribution < -0.4 is 9.47 Å². The van der Waals surface area contributed by atoms with E-state index in [1.807, 2.05) is 6.92 Å². The van der Waals surface area contributed by atoms with Crippen molar-refractivity contribution >= 4 is 5.91 Å². The van der Waals surface area contributed by atoms with Gasteiger partial charge in [0.15, 0.2) is 11.5 Å². The molecule has 1 aromatic carbocycles. The first kappa shape index (κ1) is 16.4. The molecule has 1 aliphatic rings. The second-order valence-electron chi connectivity index (χ2n) is 5.47. The Bertz CT molecular complexity index is 520. The molecule has 1 amide bonds. The van der Waals surface area contributed by atoms with E-state index in [2.05, 4.69) is 0 Å². The average Bonchev–Trinajstić information content (AvgIpc) is 2.54. The minimum Gasteiger partial charge on any atom is -0.502 e. The normalized spacial score (nSPS) is 21.5. The van der Waals surface area contributed by atoms with Crippen LogP contribution >= 0.6 is 0 Å². The molecule has 1 heterocycles. The summed E-state index contributed by atoms with van der Waals surface area (Å²) in [5.74, 6) is 0.138. The molecule has 6 nitrogen and oxygen atoms in total. The number of aliphatic hydroxyl groups is 1. The molecule has 0 bridgehead atoms. The number of methoxy groups -OCH3 is 2. The van der Waals surface area contributed by atoms with Gasteiger partial charge in [-0.3, -0.25) is 4.79 Å². The monoisotopic (exact) mass is 309 g/mol. The predicted molar refractivity (Wildman–Crippen MR) is 81.6 cm³/mol. The van der Waals surface area contributed by atoms with E-state index in [1.54, 1.807) is 4.90 Å². The van der Waals surface area contributed by atoms with Gasteiger partial charge in [0.2, 0.25) is 5.75 Å². The SMILES string of the molecule is CC[C@H]1C[C@@H](O)CCN1C(=O)c1cc(OC)c(O)c(OC)c1. The summed E-state index contributed by atoms with van der Waals surface area (Å²) in [6, 6.07) is 3.04. The Morgan fingerprint density at radius 3 is 2.41 bits per heavy atom. The van der Waals surface area contributed by atoms with E-state index >= 15 is 0 Å². The van der Waals surface area contributed by atoms with Crippen LogP contribution in [0, 0.1) is 0 Å². The standard InChI is InChI=1S/C16H23NO5/c1-4-11-9-12(18)5-6-17(11)16(20)10-7-13(21-2)15(19)14(8-10)22-3/h7-8,11-12,18-19H,4-6,9H2,1-3H3/t11-,12-/m0/s1. The van der Waals surface area contributed by atoms with Gasteiger partial charge in [-0.1, -0.05) is 6.92 Å². The Labute approximate surface area is 130 Å². The van der Waals surface area contributed by atoms with Crippen molar-refractivity contribution in [2.45, 2.75) is 38.3 Å². The first-order valence-electron chi connectivity index (χ1n) is 7.45. The van der Waals surface area contributed by atoms with E-state index in [9.17, 15) is 15.0 Å². The molecular formula is C16H23NO5. The summed E-state index contributed by atoms with van der Waals surface area (Å²) in [6.45, 7) is 2.52. The van der Waals surface area contributed by atoms with Crippen molar-refractivity contribution < 1.29 is 24.5 Å². The van der Waals surface area contributed by atoms with Gasteiger partial charge in [0, 0.05) is 18.2 Å². The summed E-state index contributed by atoms with van der Waals surface area (Å²) in [7, 11) is 2.85. The molecule has 2 N–H and O–H groups in total. The number of aliphatic hydroxyl groups excluding tert-OH is 1. The molecule has 1 aliphatic heterocycles. The van der Waals surface area contributed by atoms with E-state index in [-0.39, 0.29) is 35.3 Å². The van der Waals surface area contributed by atoms with Crippen molar-refractivity contribution in [3.8, 4) is 17.2 Å². The van der Waals surface area contributed by atoms with Crippen molar-refractivity contribution in [1.82, 2.24) is 4.90 Å². The molecule has 22 heavy (non-hydrogen) atoms. The number of likely N-dealkylation sites (tertiary alicyclic amines) is 1. The summed E-state index contributed by atoms with van der Waals surface area (Å²) >= 11 is 0. The zero-order chi connectivity index (χ0) is 16.3. The van der Waals surface area contributed by atoms with E-state index in [0.717, 1.165) is 6.42 Å². The number of nitrogens with zero attached hydrogens (tertiary/aromatic N) is 1. The van der Waals surface area contributed by atoms with Crippen LogP contribution in [-0.4, -0.2) is 53.9 Å². The predicted octanol–water partition coefficient (Wildman–Crippen LogP) is 1.78. The number of benzene rings is 1. The number of ether oxygens (including phenoxy) is 2. The average molecular weight is 309 g/mol. The number of rotatable bonds is 4. The highest BCUT2D eigenvalue weighted by Crippen LogP contribution is 2.37. The molecule has 6 heteroatoms. The minimum atomic E-state index is -0.349. The van der Waals surface area contributed by atoms with E-state index in [4.69, 9.17) is 9.47 Å². The lowest BCUT2D eigenvalue weighted by Gasteiger charge is -2.37. The molecule has 0 saturated carbocycles. The van der Waals surface area contributed by atoms with Gasteiger partial charge in [0.25, 0.3) is 5.91 Å². The Morgan fingerprint density at radius 2 is 1.91 bits per heavy atom. The zero-order valence-electron chi connectivity index (χ0n) is 13.2. The maximum atomic E-state index is 12.8. The summed E-state index contributed by atoms with van der Waals surface area (Å²) in [5, 5.41) is 19.7. The van der Waals surface area contributed by atoms with Crippen LogP contribution in [0.5, 0.6) is 17.2 Å². The smallest absolute Gasteiger partial charge is 0.254 e. The number of hydrogen-bond donors (Lipinski definition) is 2. The number of aromatic hydroxyl groups is 1. The fourth-order valence-corrected chi connectivity index (χ4v) is 2.87.